The number of anilines is 1. The number of ether oxygens (including phenoxy) is 1. The van der Waals surface area contributed by atoms with Gasteiger partial charge in [-0.3, -0.25) is 14.5 Å². The molecule has 2 amide bonds. The maximum Gasteiger partial charge on any atom is 0.238 e. The Morgan fingerprint density at radius 3 is 2.44 bits per heavy atom. The number of hydrogen-bond donors (Lipinski definition) is 2. The SMILES string of the molecule is COCCNCC(=O)N1CCN(CC(=O)Nc2ccccc2Cl)CC1.Cl.Cl. The zero-order valence-electron chi connectivity index (χ0n) is 15.3. The molecule has 0 spiro atoms. The Morgan fingerprint density at radius 1 is 1.15 bits per heavy atom. The van der Waals surface area contributed by atoms with E-state index in [-0.39, 0.29) is 36.6 Å². The van der Waals surface area contributed by atoms with E-state index in [9.17, 15) is 9.59 Å². The third-order valence-electron chi connectivity index (χ3n) is 4.00. The van der Waals surface area contributed by atoms with Crippen molar-refractivity contribution in [3.05, 3.63) is 29.3 Å². The predicted octanol–water partition coefficient (Wildman–Crippen LogP) is 1.50. The summed E-state index contributed by atoms with van der Waals surface area (Å²) in [5.41, 5.74) is 0.616. The van der Waals surface area contributed by atoms with Gasteiger partial charge in [0.15, 0.2) is 0 Å². The van der Waals surface area contributed by atoms with Gasteiger partial charge in [-0.25, -0.2) is 0 Å². The van der Waals surface area contributed by atoms with Crippen molar-refractivity contribution in [3.63, 3.8) is 0 Å². The van der Waals surface area contributed by atoms with Crippen molar-refractivity contribution in [2.45, 2.75) is 0 Å². The van der Waals surface area contributed by atoms with E-state index in [0.29, 0.717) is 63.1 Å². The second kappa shape index (κ2) is 14.0. The number of benzene rings is 1. The van der Waals surface area contributed by atoms with Gasteiger partial charge in [-0.2, -0.15) is 0 Å². The first-order valence-corrected chi connectivity index (χ1v) is 8.72. The Kier molecular flexibility index (Phi) is 13.4. The second-order valence-electron chi connectivity index (χ2n) is 5.85. The largest absolute Gasteiger partial charge is 0.383 e. The summed E-state index contributed by atoms with van der Waals surface area (Å²) >= 11 is 6.04. The fraction of sp³-hybridized carbons (Fsp3) is 0.529. The Morgan fingerprint density at radius 2 is 1.81 bits per heavy atom. The topological polar surface area (TPSA) is 73.9 Å². The number of nitrogens with zero attached hydrogens (tertiary/aromatic N) is 2. The van der Waals surface area contributed by atoms with Crippen molar-refractivity contribution in [1.82, 2.24) is 15.1 Å². The highest BCUT2D eigenvalue weighted by atomic mass is 35.5. The van der Waals surface area contributed by atoms with Gasteiger partial charge in [0, 0.05) is 39.8 Å². The van der Waals surface area contributed by atoms with Gasteiger partial charge in [-0.1, -0.05) is 23.7 Å². The van der Waals surface area contributed by atoms with Crippen LogP contribution in [0.15, 0.2) is 24.3 Å². The molecule has 0 unspecified atom stereocenters. The van der Waals surface area contributed by atoms with Crippen LogP contribution in [0.25, 0.3) is 0 Å². The summed E-state index contributed by atoms with van der Waals surface area (Å²) in [6.45, 7) is 4.47. The lowest BCUT2D eigenvalue weighted by Crippen LogP contribution is -2.52. The highest BCUT2D eigenvalue weighted by molar-refractivity contribution is 6.33. The lowest BCUT2D eigenvalue weighted by atomic mass is 10.3. The second-order valence-corrected chi connectivity index (χ2v) is 6.26. The smallest absolute Gasteiger partial charge is 0.238 e. The van der Waals surface area contributed by atoms with Crippen LogP contribution in [-0.4, -0.2) is 81.1 Å². The summed E-state index contributed by atoms with van der Waals surface area (Å²) in [5.74, 6) is -0.0228. The van der Waals surface area contributed by atoms with E-state index in [2.05, 4.69) is 10.6 Å². The van der Waals surface area contributed by atoms with Gasteiger partial charge in [0.1, 0.15) is 0 Å². The molecule has 0 bridgehead atoms. The van der Waals surface area contributed by atoms with Crippen molar-refractivity contribution in [2.75, 3.05) is 64.8 Å². The zero-order chi connectivity index (χ0) is 18.1. The third-order valence-corrected chi connectivity index (χ3v) is 4.33. The average Bonchev–Trinajstić information content (AvgIpc) is 2.61. The third kappa shape index (κ3) is 9.10. The highest BCUT2D eigenvalue weighted by Crippen LogP contribution is 2.20. The summed E-state index contributed by atoms with van der Waals surface area (Å²) in [7, 11) is 1.63. The van der Waals surface area contributed by atoms with Gasteiger partial charge in [0.2, 0.25) is 11.8 Å². The fourth-order valence-corrected chi connectivity index (χ4v) is 2.78. The summed E-state index contributed by atoms with van der Waals surface area (Å²) in [5, 5.41) is 6.39. The highest BCUT2D eigenvalue weighted by Gasteiger charge is 2.22. The van der Waals surface area contributed by atoms with Crippen LogP contribution in [-0.2, 0) is 14.3 Å². The molecule has 0 aliphatic carbocycles. The predicted molar refractivity (Wildman–Crippen MR) is 112 cm³/mol. The van der Waals surface area contributed by atoms with Crippen LogP contribution in [0.1, 0.15) is 0 Å². The minimum Gasteiger partial charge on any atom is -0.383 e. The minimum atomic E-state index is -0.103. The van der Waals surface area contributed by atoms with Crippen LogP contribution in [0, 0.1) is 0 Å². The Hall–Kier alpha value is -1.09. The number of carbonyl (C=O) groups is 2. The standard InChI is InChI=1S/C17H25ClN4O3.2ClH/c1-25-11-6-19-12-17(24)22-9-7-21(8-10-22)13-16(23)20-15-5-3-2-4-14(15)18;;/h2-5,19H,6-13H2,1H3,(H,20,23);2*1H. The number of nitrogens with one attached hydrogen (secondary N) is 2. The summed E-state index contributed by atoms with van der Waals surface area (Å²) in [6.07, 6.45) is 0. The number of para-hydroxylation sites is 1. The molecule has 0 atom stereocenters. The lowest BCUT2D eigenvalue weighted by Gasteiger charge is -2.34. The number of piperazine rings is 1. The molecule has 1 fully saturated rings. The molecule has 1 aromatic rings. The molecule has 27 heavy (non-hydrogen) atoms. The molecule has 0 saturated carbocycles. The van der Waals surface area contributed by atoms with E-state index < -0.39 is 0 Å². The molecule has 2 N–H and O–H groups in total. The maximum atomic E-state index is 12.1. The van der Waals surface area contributed by atoms with Gasteiger partial charge in [-0.05, 0) is 12.1 Å². The van der Waals surface area contributed by atoms with Crippen LogP contribution in [0.4, 0.5) is 5.69 Å². The molecule has 1 saturated heterocycles. The number of hydrogen-bond acceptors (Lipinski definition) is 5. The molecule has 0 aromatic heterocycles. The van der Waals surface area contributed by atoms with E-state index >= 15 is 0 Å². The van der Waals surface area contributed by atoms with Crippen molar-refractivity contribution in [2.24, 2.45) is 0 Å². The van der Waals surface area contributed by atoms with Gasteiger partial charge >= 0.3 is 0 Å². The van der Waals surface area contributed by atoms with Crippen molar-refractivity contribution >= 4 is 53.9 Å². The molecule has 154 valence electrons. The Bertz CT molecular complexity index is 584. The lowest BCUT2D eigenvalue weighted by molar-refractivity contribution is -0.132. The molecule has 0 radical (unpaired) electrons. The molecule has 1 aliphatic heterocycles. The van der Waals surface area contributed by atoms with Crippen LogP contribution in [0.5, 0.6) is 0 Å². The van der Waals surface area contributed by atoms with Crippen molar-refractivity contribution in [1.29, 1.82) is 0 Å². The number of amides is 2. The van der Waals surface area contributed by atoms with E-state index in [1.54, 1.807) is 19.2 Å². The molecular formula is C17H27Cl3N4O3. The number of methoxy groups -OCH3 is 1. The van der Waals surface area contributed by atoms with Gasteiger partial charge < -0.3 is 20.3 Å². The monoisotopic (exact) mass is 440 g/mol. The normalized spacial score (nSPS) is 14.1. The molecule has 2 rings (SSSR count). The van der Waals surface area contributed by atoms with E-state index in [4.69, 9.17) is 16.3 Å². The summed E-state index contributed by atoms with van der Waals surface area (Å²) in [6, 6.07) is 7.15. The quantitative estimate of drug-likeness (QED) is 0.598. The van der Waals surface area contributed by atoms with E-state index in [0.717, 1.165) is 0 Å². The van der Waals surface area contributed by atoms with E-state index in [1.807, 2.05) is 21.9 Å². The van der Waals surface area contributed by atoms with E-state index in [1.165, 1.54) is 0 Å². The number of halogens is 3. The van der Waals surface area contributed by atoms with Crippen LogP contribution >= 0.6 is 36.4 Å². The Labute approximate surface area is 177 Å². The van der Waals surface area contributed by atoms with Crippen molar-refractivity contribution in [3.8, 4) is 0 Å². The maximum absolute atomic E-state index is 12.1. The first kappa shape index (κ1) is 25.9. The molecule has 1 heterocycles. The number of carbonyl (C=O) groups excluding carboxylic acids is 2. The van der Waals surface area contributed by atoms with Crippen LogP contribution in [0.3, 0.4) is 0 Å². The number of rotatable bonds is 8. The molecular weight excluding hydrogens is 415 g/mol. The summed E-state index contributed by atoms with van der Waals surface area (Å²) in [4.78, 5) is 28.1. The fourth-order valence-electron chi connectivity index (χ4n) is 2.59. The van der Waals surface area contributed by atoms with Gasteiger partial charge in [0.05, 0.1) is 30.4 Å². The van der Waals surface area contributed by atoms with Crippen LogP contribution < -0.4 is 10.6 Å². The first-order valence-electron chi connectivity index (χ1n) is 8.34. The van der Waals surface area contributed by atoms with Crippen molar-refractivity contribution < 1.29 is 14.3 Å². The molecule has 7 nitrogen and oxygen atoms in total. The first-order chi connectivity index (χ1) is 12.1. The van der Waals surface area contributed by atoms with Gasteiger partial charge in [-0.15, -0.1) is 24.8 Å². The minimum absolute atomic E-state index is 0. The average molecular weight is 442 g/mol. The molecule has 1 aromatic carbocycles. The Balaban J connectivity index is 0.00000338. The van der Waals surface area contributed by atoms with Crippen LogP contribution in [0.2, 0.25) is 5.02 Å². The zero-order valence-corrected chi connectivity index (χ0v) is 17.7. The summed E-state index contributed by atoms with van der Waals surface area (Å²) < 4.78 is 4.93. The molecule has 1 aliphatic rings. The molecule has 10 heteroatoms. The van der Waals surface area contributed by atoms with Gasteiger partial charge in [0.25, 0.3) is 0 Å².